The van der Waals surface area contributed by atoms with Crippen molar-refractivity contribution >= 4 is 0 Å². The van der Waals surface area contributed by atoms with Crippen LogP contribution in [0.15, 0.2) is 18.2 Å². The van der Waals surface area contributed by atoms with Crippen LogP contribution >= 0.6 is 0 Å². The van der Waals surface area contributed by atoms with E-state index in [-0.39, 0.29) is 19.3 Å². The van der Waals surface area contributed by atoms with E-state index in [4.69, 9.17) is 15.2 Å². The minimum absolute atomic E-state index is 0.0509. The molecule has 0 aromatic heterocycles. The Morgan fingerprint density at radius 2 is 2.10 bits per heavy atom. The van der Waals surface area contributed by atoms with E-state index in [1.54, 1.807) is 13.0 Å². The van der Waals surface area contributed by atoms with Gasteiger partial charge in [-0.05, 0) is 19.4 Å². The van der Waals surface area contributed by atoms with Crippen LogP contribution in [0.3, 0.4) is 0 Å². The third-order valence-electron chi connectivity index (χ3n) is 2.85. The molecule has 0 saturated carbocycles. The Hall–Kier alpha value is -1.17. The summed E-state index contributed by atoms with van der Waals surface area (Å²) in [5.41, 5.74) is 6.51. The monoisotopic (exact) mass is 285 g/mol. The number of aliphatic hydroxyl groups is 1. The van der Waals surface area contributed by atoms with Gasteiger partial charge in [0.1, 0.15) is 24.3 Å². The van der Waals surface area contributed by atoms with Gasteiger partial charge in [-0.1, -0.05) is 19.4 Å². The molecule has 1 aromatic rings. The summed E-state index contributed by atoms with van der Waals surface area (Å²) < 4.78 is 24.0. The summed E-state index contributed by atoms with van der Waals surface area (Å²) in [5, 5.41) is 9.73. The molecule has 0 spiro atoms. The first-order chi connectivity index (χ1) is 9.54. The highest BCUT2D eigenvalue weighted by atomic mass is 19.1. The maximum absolute atomic E-state index is 13.2. The van der Waals surface area contributed by atoms with Gasteiger partial charge in [-0.15, -0.1) is 0 Å². The molecule has 0 aliphatic heterocycles. The minimum atomic E-state index is -0.740. The number of hydrogen-bond acceptors (Lipinski definition) is 4. The van der Waals surface area contributed by atoms with Crippen LogP contribution in [0.5, 0.6) is 5.75 Å². The topological polar surface area (TPSA) is 64.7 Å². The molecule has 0 aliphatic carbocycles. The van der Waals surface area contributed by atoms with Crippen molar-refractivity contribution in [2.24, 2.45) is 5.73 Å². The number of rotatable bonds is 9. The van der Waals surface area contributed by atoms with E-state index in [0.29, 0.717) is 17.9 Å². The lowest BCUT2D eigenvalue weighted by Crippen LogP contribution is -2.24. The Bertz CT molecular complexity index is 399. The first kappa shape index (κ1) is 16.9. The number of halogens is 1. The number of nitrogens with two attached hydrogens (primary N) is 1. The Morgan fingerprint density at radius 1 is 1.35 bits per heavy atom. The van der Waals surface area contributed by atoms with Gasteiger partial charge in [0.2, 0.25) is 0 Å². The third kappa shape index (κ3) is 5.86. The second-order valence-corrected chi connectivity index (χ2v) is 4.86. The maximum Gasteiger partial charge on any atom is 0.127 e. The van der Waals surface area contributed by atoms with Gasteiger partial charge < -0.3 is 20.3 Å². The van der Waals surface area contributed by atoms with Crippen LogP contribution in [-0.4, -0.2) is 31.0 Å². The van der Waals surface area contributed by atoms with Gasteiger partial charge >= 0.3 is 0 Å². The van der Waals surface area contributed by atoms with Gasteiger partial charge in [0.25, 0.3) is 0 Å². The first-order valence-corrected chi connectivity index (χ1v) is 6.98. The van der Waals surface area contributed by atoms with Crippen molar-refractivity contribution in [3.8, 4) is 5.75 Å². The fraction of sp³-hybridized carbons (Fsp3) is 0.600. The molecular weight excluding hydrogens is 261 g/mol. The molecule has 1 unspecified atom stereocenters. The zero-order valence-corrected chi connectivity index (χ0v) is 12.1. The zero-order valence-electron chi connectivity index (χ0n) is 12.1. The summed E-state index contributed by atoms with van der Waals surface area (Å²) in [6, 6.07) is 3.96. The molecule has 0 amide bonds. The van der Waals surface area contributed by atoms with Crippen LogP contribution in [0.2, 0.25) is 0 Å². The summed E-state index contributed by atoms with van der Waals surface area (Å²) in [6.45, 7) is 4.75. The Balaban J connectivity index is 2.46. The number of benzene rings is 1. The summed E-state index contributed by atoms with van der Waals surface area (Å²) in [6.07, 6.45) is 1.27. The fourth-order valence-corrected chi connectivity index (χ4v) is 1.71. The molecule has 0 fully saturated rings. The van der Waals surface area contributed by atoms with E-state index in [0.717, 1.165) is 12.8 Å². The normalized spacial score (nSPS) is 14.1. The second-order valence-electron chi connectivity index (χ2n) is 4.86. The highest BCUT2D eigenvalue weighted by molar-refractivity contribution is 5.36. The van der Waals surface area contributed by atoms with Gasteiger partial charge in [-0.3, -0.25) is 0 Å². The lowest BCUT2D eigenvalue weighted by atomic mass is 10.1. The van der Waals surface area contributed by atoms with Crippen LogP contribution in [0.4, 0.5) is 4.39 Å². The number of hydrogen-bond donors (Lipinski definition) is 2. The molecule has 4 nitrogen and oxygen atoms in total. The zero-order chi connectivity index (χ0) is 15.0. The Labute approximate surface area is 119 Å². The average Bonchev–Trinajstić information content (AvgIpc) is 2.41. The molecule has 2 atom stereocenters. The van der Waals surface area contributed by atoms with Crippen molar-refractivity contribution in [3.63, 3.8) is 0 Å². The SMILES string of the molecule is CCCCOCC(O)COc1cc(F)ccc1[C@@H](C)N. The number of unbranched alkanes of at least 4 members (excludes halogenated alkanes) is 1. The van der Waals surface area contributed by atoms with E-state index in [9.17, 15) is 9.50 Å². The highest BCUT2D eigenvalue weighted by Gasteiger charge is 2.12. The van der Waals surface area contributed by atoms with Gasteiger partial charge in [0.15, 0.2) is 0 Å². The van der Waals surface area contributed by atoms with Crippen LogP contribution in [0.25, 0.3) is 0 Å². The van der Waals surface area contributed by atoms with Gasteiger partial charge in [0.05, 0.1) is 6.61 Å². The van der Waals surface area contributed by atoms with Crippen molar-refractivity contribution in [1.29, 1.82) is 0 Å². The van der Waals surface area contributed by atoms with E-state index in [2.05, 4.69) is 6.92 Å². The van der Waals surface area contributed by atoms with Crippen molar-refractivity contribution in [2.75, 3.05) is 19.8 Å². The predicted octanol–water partition coefficient (Wildman–Crippen LogP) is 2.40. The van der Waals surface area contributed by atoms with Gasteiger partial charge in [0, 0.05) is 24.3 Å². The van der Waals surface area contributed by atoms with Gasteiger partial charge in [-0.25, -0.2) is 4.39 Å². The van der Waals surface area contributed by atoms with E-state index < -0.39 is 11.9 Å². The molecule has 0 radical (unpaired) electrons. The Morgan fingerprint density at radius 3 is 2.75 bits per heavy atom. The van der Waals surface area contributed by atoms with E-state index in [1.807, 2.05) is 0 Å². The molecule has 20 heavy (non-hydrogen) atoms. The number of aliphatic hydroxyl groups excluding tert-OH is 1. The molecule has 5 heteroatoms. The molecule has 0 saturated heterocycles. The molecule has 0 heterocycles. The summed E-state index contributed by atoms with van der Waals surface area (Å²) in [5.74, 6) is -0.0225. The van der Waals surface area contributed by atoms with Crippen LogP contribution in [0, 0.1) is 5.82 Å². The maximum atomic E-state index is 13.2. The van der Waals surface area contributed by atoms with Crippen LogP contribution < -0.4 is 10.5 Å². The van der Waals surface area contributed by atoms with Gasteiger partial charge in [-0.2, -0.15) is 0 Å². The molecule has 0 aliphatic rings. The third-order valence-corrected chi connectivity index (χ3v) is 2.85. The van der Waals surface area contributed by atoms with Crippen molar-refractivity contribution in [1.82, 2.24) is 0 Å². The molecule has 3 N–H and O–H groups in total. The van der Waals surface area contributed by atoms with Crippen LogP contribution in [0.1, 0.15) is 38.3 Å². The van der Waals surface area contributed by atoms with Crippen LogP contribution in [-0.2, 0) is 4.74 Å². The summed E-state index contributed by atoms with van der Waals surface area (Å²) in [7, 11) is 0. The highest BCUT2D eigenvalue weighted by Crippen LogP contribution is 2.24. The molecule has 0 bridgehead atoms. The smallest absolute Gasteiger partial charge is 0.127 e. The lowest BCUT2D eigenvalue weighted by molar-refractivity contribution is 0.0110. The average molecular weight is 285 g/mol. The quantitative estimate of drug-likeness (QED) is 0.684. The lowest BCUT2D eigenvalue weighted by Gasteiger charge is -2.16. The molecular formula is C15H24FNO3. The van der Waals surface area contributed by atoms with E-state index in [1.165, 1.54) is 12.1 Å². The first-order valence-electron chi connectivity index (χ1n) is 6.98. The summed E-state index contributed by atoms with van der Waals surface area (Å²) >= 11 is 0. The van der Waals surface area contributed by atoms with Crippen molar-refractivity contribution < 1.29 is 19.0 Å². The largest absolute Gasteiger partial charge is 0.490 e. The summed E-state index contributed by atoms with van der Waals surface area (Å²) in [4.78, 5) is 0. The van der Waals surface area contributed by atoms with E-state index >= 15 is 0 Å². The standard InChI is InChI=1S/C15H24FNO3/c1-3-4-7-19-9-13(18)10-20-15-8-12(16)5-6-14(15)11(2)17/h5-6,8,11,13,18H,3-4,7,9-10,17H2,1-2H3/t11-,13?/m1/s1. The Kier molecular flexibility index (Phi) is 7.51. The number of ether oxygens (including phenoxy) is 2. The predicted molar refractivity (Wildman–Crippen MR) is 76.2 cm³/mol. The molecule has 1 rings (SSSR count). The second kappa shape index (κ2) is 8.89. The fourth-order valence-electron chi connectivity index (χ4n) is 1.71. The van der Waals surface area contributed by atoms with Crippen molar-refractivity contribution in [2.45, 2.75) is 38.8 Å². The molecule has 114 valence electrons. The van der Waals surface area contributed by atoms with Crippen molar-refractivity contribution in [3.05, 3.63) is 29.6 Å². The minimum Gasteiger partial charge on any atom is -0.490 e. The molecule has 1 aromatic carbocycles.